The Morgan fingerprint density at radius 3 is 1.58 bits per heavy atom. The van der Waals surface area contributed by atoms with Crippen LogP contribution in [0.4, 0.5) is 17.6 Å². The average molecular weight is 340 g/mol. The lowest BCUT2D eigenvalue weighted by Gasteiger charge is -2.04. The highest BCUT2D eigenvalue weighted by Gasteiger charge is 2.03. The molecule has 0 saturated heterocycles. The van der Waals surface area contributed by atoms with Crippen LogP contribution < -0.4 is 0 Å². The Morgan fingerprint density at radius 2 is 1.12 bits per heavy atom. The summed E-state index contributed by atoms with van der Waals surface area (Å²) < 4.78 is 50.4. The molecule has 2 aromatic rings. The lowest BCUT2D eigenvalue weighted by Crippen LogP contribution is -1.95. The molecule has 0 saturated carbocycles. The van der Waals surface area contributed by atoms with E-state index in [1.54, 1.807) is 6.07 Å². The highest BCUT2D eigenvalue weighted by Crippen LogP contribution is 2.13. The van der Waals surface area contributed by atoms with E-state index in [1.165, 1.54) is 24.3 Å². The summed E-state index contributed by atoms with van der Waals surface area (Å²) in [6.45, 7) is 8.12. The summed E-state index contributed by atoms with van der Waals surface area (Å²) in [5, 5.41) is 0. The average Bonchev–Trinajstić information content (AvgIpc) is 2.41. The fourth-order valence-electron chi connectivity index (χ4n) is 2.34. The molecule has 0 fully saturated rings. The van der Waals surface area contributed by atoms with Gasteiger partial charge in [-0.3, -0.25) is 0 Å². The van der Waals surface area contributed by atoms with Gasteiger partial charge in [0.2, 0.25) is 0 Å². The van der Waals surface area contributed by atoms with E-state index >= 15 is 0 Å². The van der Waals surface area contributed by atoms with Gasteiger partial charge in [-0.05, 0) is 60.1 Å². The van der Waals surface area contributed by atoms with Gasteiger partial charge in [-0.1, -0.05) is 33.8 Å². The molecule has 0 bridgehead atoms. The monoisotopic (exact) mass is 340 g/mol. The van der Waals surface area contributed by atoms with Gasteiger partial charge in [0.25, 0.3) is 0 Å². The van der Waals surface area contributed by atoms with Crippen LogP contribution in [-0.4, -0.2) is 0 Å². The van der Waals surface area contributed by atoms with Crippen LogP contribution in [-0.2, 0) is 12.8 Å². The summed E-state index contributed by atoms with van der Waals surface area (Å²) in [6, 6.07) is 7.71. The predicted molar refractivity (Wildman–Crippen MR) is 89.8 cm³/mol. The minimum atomic E-state index is -0.775. The smallest absolute Gasteiger partial charge is 0.159 e. The second-order valence-electron chi connectivity index (χ2n) is 6.72. The Balaban J connectivity index is 0.000000240. The Morgan fingerprint density at radius 1 is 0.625 bits per heavy atom. The van der Waals surface area contributed by atoms with Gasteiger partial charge in [-0.15, -0.1) is 0 Å². The SMILES string of the molecule is CC(C)Cc1cc(F)cc(F)c1.CC(C)Cc1ccc(F)c(F)c1. The second-order valence-corrected chi connectivity index (χ2v) is 6.72. The molecule has 0 atom stereocenters. The van der Waals surface area contributed by atoms with Crippen LogP contribution in [0, 0.1) is 35.1 Å². The largest absolute Gasteiger partial charge is 0.207 e. The molecule has 4 heteroatoms. The van der Waals surface area contributed by atoms with Crippen molar-refractivity contribution in [3.8, 4) is 0 Å². The Kier molecular flexibility index (Phi) is 7.96. The van der Waals surface area contributed by atoms with Gasteiger partial charge in [0, 0.05) is 6.07 Å². The van der Waals surface area contributed by atoms with Crippen LogP contribution in [0.2, 0.25) is 0 Å². The third-order valence-corrected chi connectivity index (χ3v) is 3.19. The molecule has 0 heterocycles. The molecule has 0 aliphatic carbocycles. The number of benzene rings is 2. The van der Waals surface area contributed by atoms with Crippen LogP contribution in [0.5, 0.6) is 0 Å². The number of hydrogen-bond donors (Lipinski definition) is 0. The van der Waals surface area contributed by atoms with Crippen molar-refractivity contribution in [1.82, 2.24) is 0 Å². The van der Waals surface area contributed by atoms with Gasteiger partial charge in [0.15, 0.2) is 11.6 Å². The topological polar surface area (TPSA) is 0 Å². The van der Waals surface area contributed by atoms with Gasteiger partial charge >= 0.3 is 0 Å². The predicted octanol–water partition coefficient (Wildman–Crippen LogP) is 6.33. The summed E-state index contributed by atoms with van der Waals surface area (Å²) in [7, 11) is 0. The molecule has 0 aromatic heterocycles. The number of halogens is 4. The Hall–Kier alpha value is -1.84. The van der Waals surface area contributed by atoms with E-state index in [1.807, 2.05) is 27.7 Å². The molecule has 0 amide bonds. The van der Waals surface area contributed by atoms with E-state index in [-0.39, 0.29) is 0 Å². The van der Waals surface area contributed by atoms with E-state index < -0.39 is 23.3 Å². The highest BCUT2D eigenvalue weighted by atomic mass is 19.2. The zero-order chi connectivity index (χ0) is 18.3. The summed E-state index contributed by atoms with van der Waals surface area (Å²) in [4.78, 5) is 0. The summed E-state index contributed by atoms with van der Waals surface area (Å²) >= 11 is 0. The highest BCUT2D eigenvalue weighted by molar-refractivity contribution is 5.18. The normalized spacial score (nSPS) is 10.8. The first-order valence-electron chi connectivity index (χ1n) is 8.06. The van der Waals surface area contributed by atoms with Crippen molar-refractivity contribution in [2.75, 3.05) is 0 Å². The van der Waals surface area contributed by atoms with Crippen molar-refractivity contribution >= 4 is 0 Å². The molecule has 0 radical (unpaired) electrons. The van der Waals surface area contributed by atoms with Crippen molar-refractivity contribution in [3.05, 3.63) is 70.8 Å². The van der Waals surface area contributed by atoms with Crippen molar-refractivity contribution in [2.24, 2.45) is 11.8 Å². The first kappa shape index (κ1) is 20.2. The summed E-state index contributed by atoms with van der Waals surface area (Å²) in [6.07, 6.45) is 1.51. The van der Waals surface area contributed by atoms with Crippen molar-refractivity contribution < 1.29 is 17.6 Å². The summed E-state index contributed by atoms with van der Waals surface area (Å²) in [5.74, 6) is -1.63. The molecule has 2 aromatic carbocycles. The van der Waals surface area contributed by atoms with Crippen molar-refractivity contribution in [1.29, 1.82) is 0 Å². The van der Waals surface area contributed by atoms with E-state index in [9.17, 15) is 17.6 Å². The van der Waals surface area contributed by atoms with Crippen LogP contribution in [0.3, 0.4) is 0 Å². The maximum absolute atomic E-state index is 12.7. The molecule has 0 N–H and O–H groups in total. The first-order chi connectivity index (χ1) is 11.2. The quantitative estimate of drug-likeness (QED) is 0.571. The zero-order valence-electron chi connectivity index (χ0n) is 14.5. The van der Waals surface area contributed by atoms with Gasteiger partial charge in [-0.25, -0.2) is 17.6 Å². The Bertz CT molecular complexity index is 628. The minimum absolute atomic E-state index is 0.422. The van der Waals surface area contributed by atoms with Crippen LogP contribution in [0.25, 0.3) is 0 Å². The van der Waals surface area contributed by atoms with Gasteiger partial charge in [0.1, 0.15) is 11.6 Å². The van der Waals surface area contributed by atoms with E-state index in [2.05, 4.69) is 0 Å². The zero-order valence-corrected chi connectivity index (χ0v) is 14.5. The molecule has 132 valence electrons. The number of rotatable bonds is 4. The van der Waals surface area contributed by atoms with Crippen molar-refractivity contribution in [2.45, 2.75) is 40.5 Å². The lowest BCUT2D eigenvalue weighted by molar-refractivity contribution is 0.505. The van der Waals surface area contributed by atoms with Gasteiger partial charge in [0.05, 0.1) is 0 Å². The minimum Gasteiger partial charge on any atom is -0.207 e. The molecule has 0 aliphatic heterocycles. The second kappa shape index (κ2) is 9.45. The van der Waals surface area contributed by atoms with Crippen molar-refractivity contribution in [3.63, 3.8) is 0 Å². The molecule has 24 heavy (non-hydrogen) atoms. The molecule has 0 spiro atoms. The van der Waals surface area contributed by atoms with Crippen LogP contribution in [0.1, 0.15) is 38.8 Å². The third-order valence-electron chi connectivity index (χ3n) is 3.19. The lowest BCUT2D eigenvalue weighted by atomic mass is 10.0. The fourth-order valence-corrected chi connectivity index (χ4v) is 2.34. The molecule has 0 aliphatic rings. The first-order valence-corrected chi connectivity index (χ1v) is 8.06. The molecular weight excluding hydrogens is 316 g/mol. The maximum Gasteiger partial charge on any atom is 0.159 e. The number of hydrogen-bond acceptors (Lipinski definition) is 0. The van der Waals surface area contributed by atoms with E-state index in [0.29, 0.717) is 18.3 Å². The van der Waals surface area contributed by atoms with Crippen LogP contribution >= 0.6 is 0 Å². The van der Waals surface area contributed by atoms with Gasteiger partial charge in [-0.2, -0.15) is 0 Å². The van der Waals surface area contributed by atoms with Crippen LogP contribution in [0.15, 0.2) is 36.4 Å². The molecule has 2 rings (SSSR count). The van der Waals surface area contributed by atoms with E-state index in [0.717, 1.165) is 23.6 Å². The third kappa shape index (κ3) is 7.62. The molecule has 0 unspecified atom stereocenters. The van der Waals surface area contributed by atoms with Gasteiger partial charge < -0.3 is 0 Å². The Labute approximate surface area is 141 Å². The standard InChI is InChI=1S/2C10H12F2/c1-7(2)3-8-4-9(11)6-10(12)5-8;1-7(2)5-8-3-4-9(11)10(12)6-8/h4-7H,3H2,1-2H3;3-4,6-7H,5H2,1-2H3. The fraction of sp³-hybridized carbons (Fsp3) is 0.400. The molecule has 0 nitrogen and oxygen atoms in total. The molecular formula is C20H24F4. The van der Waals surface area contributed by atoms with E-state index in [4.69, 9.17) is 0 Å². The maximum atomic E-state index is 12.7. The summed E-state index contributed by atoms with van der Waals surface area (Å²) in [5.41, 5.74) is 1.58.